The van der Waals surface area contributed by atoms with Crippen LogP contribution >= 0.6 is 0 Å². The highest BCUT2D eigenvalue weighted by molar-refractivity contribution is 6.28. The lowest BCUT2D eigenvalue weighted by Crippen LogP contribution is -2.46. The number of aromatic hydroxyl groups is 2. The molecule has 1 amide bonds. The quantitative estimate of drug-likeness (QED) is 0.0869. The molecule has 0 aliphatic carbocycles. The zero-order chi connectivity index (χ0) is 45.7. The van der Waals surface area contributed by atoms with Crippen LogP contribution in [-0.4, -0.2) is 84.9 Å². The van der Waals surface area contributed by atoms with E-state index in [9.17, 15) is 34.8 Å². The molecule has 2 aliphatic heterocycles. The molecule has 9 atom stereocenters. The molecule has 3 aromatic carbocycles. The molecular formula is C48H53N3O12. The minimum Gasteiger partial charge on any atom is -0.507 e. The van der Waals surface area contributed by atoms with Gasteiger partial charge in [0.05, 0.1) is 41.8 Å². The number of hydrogen-bond acceptors (Lipinski definition) is 13. The number of ketones is 1. The molecule has 332 valence electrons. The van der Waals surface area contributed by atoms with E-state index in [1.807, 2.05) is 6.07 Å². The van der Waals surface area contributed by atoms with Gasteiger partial charge in [0.25, 0.3) is 11.7 Å². The van der Waals surface area contributed by atoms with Crippen LogP contribution in [0, 0.1) is 30.6 Å². The number of rotatable bonds is 4. The molecule has 7 rings (SSSR count). The Balaban J connectivity index is 1.49. The van der Waals surface area contributed by atoms with E-state index in [0.29, 0.717) is 11.4 Å². The van der Waals surface area contributed by atoms with Gasteiger partial charge in [0.15, 0.2) is 17.3 Å². The summed E-state index contributed by atoms with van der Waals surface area (Å²) in [5.74, 6) is -6.76. The summed E-state index contributed by atoms with van der Waals surface area (Å²) in [6.07, 6.45) is 5.23. The number of furan rings is 1. The SMILES string of the molecule is COC1/C=C\OC2(C)Oc3c(C)c(O)c4c(O)c(c5c(nc(-c6ccco6)n5-c5ccccc5)c4c3C2=O)NC(=O)/C(C)=C/C=C/C(C)C(O)C(C)C(O)C(C)C(OC(C)=O)C1C. The zero-order valence-corrected chi connectivity index (χ0v) is 36.6. The molecule has 5 N–H and O–H groups in total. The Morgan fingerprint density at radius 2 is 1.63 bits per heavy atom. The number of benzene rings is 3. The number of phenols is 2. The zero-order valence-electron chi connectivity index (χ0n) is 36.6. The van der Waals surface area contributed by atoms with Crippen molar-refractivity contribution in [1.82, 2.24) is 9.55 Å². The number of phenolic OH excluding ortho intramolecular Hbond substituents is 2. The topological polar surface area (TPSA) is 212 Å². The fourth-order valence-electron chi connectivity index (χ4n) is 8.69. The highest BCUT2D eigenvalue weighted by atomic mass is 16.7. The van der Waals surface area contributed by atoms with Crippen molar-refractivity contribution >= 4 is 45.2 Å². The molecule has 15 heteroatoms. The Hall–Kier alpha value is -6.42. The number of nitrogens with one attached hydrogen (secondary N) is 1. The van der Waals surface area contributed by atoms with Crippen molar-refractivity contribution < 1.29 is 58.2 Å². The van der Waals surface area contributed by atoms with Crippen LogP contribution in [-0.2, 0) is 23.8 Å². The molecule has 4 bridgehead atoms. The molecule has 5 aromatic rings. The number of allylic oxidation sites excluding steroid dienone is 2. The van der Waals surface area contributed by atoms with Crippen molar-refractivity contribution in [3.8, 4) is 34.5 Å². The van der Waals surface area contributed by atoms with Crippen LogP contribution in [0.5, 0.6) is 17.2 Å². The summed E-state index contributed by atoms with van der Waals surface area (Å²) in [4.78, 5) is 46.5. The number of carbonyl (C=O) groups is 3. The van der Waals surface area contributed by atoms with E-state index < -0.39 is 83.0 Å². The lowest BCUT2D eigenvalue weighted by molar-refractivity contribution is -0.160. The van der Waals surface area contributed by atoms with Crippen LogP contribution in [0.4, 0.5) is 5.69 Å². The summed E-state index contributed by atoms with van der Waals surface area (Å²) in [5, 5.41) is 50.1. The van der Waals surface area contributed by atoms with Gasteiger partial charge >= 0.3 is 11.8 Å². The number of amides is 1. The van der Waals surface area contributed by atoms with Crippen LogP contribution < -0.4 is 10.1 Å². The average Bonchev–Trinajstić information content (AvgIpc) is 4.00. The molecule has 2 aromatic heterocycles. The summed E-state index contributed by atoms with van der Waals surface area (Å²) in [5.41, 5.74) is 1.03. The van der Waals surface area contributed by atoms with E-state index in [1.165, 1.54) is 46.5 Å². The fourth-order valence-corrected chi connectivity index (χ4v) is 8.69. The Morgan fingerprint density at radius 1 is 0.921 bits per heavy atom. The number of para-hydroxylation sites is 1. The van der Waals surface area contributed by atoms with Crippen molar-refractivity contribution in [1.29, 1.82) is 0 Å². The van der Waals surface area contributed by atoms with E-state index in [4.69, 9.17) is 28.3 Å². The minimum atomic E-state index is -2.02. The normalized spacial score (nSPS) is 28.9. The number of aromatic nitrogens is 2. The predicted molar refractivity (Wildman–Crippen MR) is 234 cm³/mol. The summed E-state index contributed by atoms with van der Waals surface area (Å²) in [6, 6.07) is 12.4. The number of hydrogen-bond donors (Lipinski definition) is 5. The van der Waals surface area contributed by atoms with Crippen molar-refractivity contribution in [2.45, 2.75) is 85.6 Å². The molecule has 0 saturated heterocycles. The van der Waals surface area contributed by atoms with Gasteiger partial charge in [-0.1, -0.05) is 64.1 Å². The van der Waals surface area contributed by atoms with Crippen LogP contribution in [0.15, 0.2) is 89.3 Å². The highest BCUT2D eigenvalue weighted by Crippen LogP contribution is 2.54. The lowest BCUT2D eigenvalue weighted by Gasteiger charge is -2.38. The highest BCUT2D eigenvalue weighted by Gasteiger charge is 2.50. The monoisotopic (exact) mass is 863 g/mol. The Labute approximate surface area is 364 Å². The summed E-state index contributed by atoms with van der Waals surface area (Å²) in [6.45, 7) is 12.8. The third kappa shape index (κ3) is 7.85. The number of imidazole rings is 1. The lowest BCUT2D eigenvalue weighted by atomic mass is 9.78. The van der Waals surface area contributed by atoms with E-state index in [0.717, 1.165) is 0 Å². The maximum Gasteiger partial charge on any atom is 0.312 e. The molecule has 0 fully saturated rings. The summed E-state index contributed by atoms with van der Waals surface area (Å²) < 4.78 is 31.6. The van der Waals surface area contributed by atoms with Crippen LogP contribution in [0.25, 0.3) is 39.1 Å². The molecule has 4 heterocycles. The first-order valence-corrected chi connectivity index (χ1v) is 20.8. The Bertz CT molecular complexity index is 2670. The van der Waals surface area contributed by atoms with E-state index in [1.54, 1.807) is 93.8 Å². The maximum atomic E-state index is 14.9. The number of anilines is 1. The molecule has 0 saturated carbocycles. The number of nitrogens with zero attached hydrogens (tertiary/aromatic N) is 2. The maximum absolute atomic E-state index is 14.9. The number of aliphatic hydroxyl groups is 2. The van der Waals surface area contributed by atoms with Crippen LogP contribution in [0.1, 0.15) is 64.4 Å². The van der Waals surface area contributed by atoms with E-state index >= 15 is 0 Å². The van der Waals surface area contributed by atoms with Gasteiger partial charge in [-0.2, -0.15) is 0 Å². The number of fused-ring (bicyclic) bond motifs is 1. The summed E-state index contributed by atoms with van der Waals surface area (Å²) in [7, 11) is 1.45. The second-order valence-corrected chi connectivity index (χ2v) is 16.6. The smallest absolute Gasteiger partial charge is 0.312 e. The van der Waals surface area contributed by atoms with Gasteiger partial charge in [0, 0.05) is 66.8 Å². The van der Waals surface area contributed by atoms with Crippen molar-refractivity contribution in [2.75, 3.05) is 12.4 Å². The van der Waals surface area contributed by atoms with Gasteiger partial charge in [0.2, 0.25) is 0 Å². The van der Waals surface area contributed by atoms with Crippen molar-refractivity contribution in [3.05, 3.63) is 96.0 Å². The summed E-state index contributed by atoms with van der Waals surface area (Å²) >= 11 is 0. The number of esters is 1. The fraction of sp³-hybridized carbons (Fsp3) is 0.375. The number of ether oxygens (including phenoxy) is 4. The number of methoxy groups -OCH3 is 1. The van der Waals surface area contributed by atoms with Gasteiger partial charge in [-0.3, -0.25) is 19.0 Å². The third-order valence-corrected chi connectivity index (χ3v) is 12.4. The number of aliphatic hydroxyl groups excluding tert-OH is 2. The molecule has 9 unspecified atom stereocenters. The van der Waals surface area contributed by atoms with Crippen molar-refractivity contribution in [3.63, 3.8) is 0 Å². The van der Waals surface area contributed by atoms with Gasteiger partial charge in [0.1, 0.15) is 34.3 Å². The van der Waals surface area contributed by atoms with E-state index in [2.05, 4.69) is 5.32 Å². The van der Waals surface area contributed by atoms with Gasteiger partial charge in [-0.15, -0.1) is 0 Å². The van der Waals surface area contributed by atoms with Gasteiger partial charge in [-0.05, 0) is 44.2 Å². The molecule has 2 aliphatic rings. The second-order valence-electron chi connectivity index (χ2n) is 16.6. The number of carbonyl (C=O) groups excluding carboxylic acids is 3. The van der Waals surface area contributed by atoms with Crippen LogP contribution in [0.2, 0.25) is 0 Å². The van der Waals surface area contributed by atoms with Gasteiger partial charge in [-0.25, -0.2) is 4.98 Å². The first kappa shape index (κ1) is 44.6. The largest absolute Gasteiger partial charge is 0.507 e. The molecule has 63 heavy (non-hydrogen) atoms. The van der Waals surface area contributed by atoms with Gasteiger partial charge < -0.3 is 49.1 Å². The van der Waals surface area contributed by atoms with Crippen molar-refractivity contribution in [2.24, 2.45) is 23.7 Å². The Kier molecular flexibility index (Phi) is 12.3. The average molecular weight is 864 g/mol. The third-order valence-electron chi connectivity index (χ3n) is 12.4. The Morgan fingerprint density at radius 3 is 2.29 bits per heavy atom. The second kappa shape index (κ2) is 17.4. The van der Waals surface area contributed by atoms with E-state index in [-0.39, 0.29) is 55.8 Å². The molecule has 0 spiro atoms. The minimum absolute atomic E-state index is 0.0109. The predicted octanol–water partition coefficient (Wildman–Crippen LogP) is 7.65. The van der Waals surface area contributed by atoms with Crippen LogP contribution in [0.3, 0.4) is 0 Å². The molecule has 15 nitrogen and oxygen atoms in total. The molecule has 0 radical (unpaired) electrons. The molecular weight excluding hydrogens is 811 g/mol. The first-order chi connectivity index (χ1) is 29.9. The first-order valence-electron chi connectivity index (χ1n) is 20.8. The number of Topliss-reactive ketones (excluding diaryl/α,β-unsaturated/α-hetero) is 1. The standard InChI is InChI=1S/C48H53N3O12/c1-23-15-13-16-24(2)47(58)50-37-38-36(49-46(32-19-14-21-60-32)51(38)30-17-11-10-12-18-30)33-34(42(37)56)41(55)28(6)44-35(33)45(57)48(8,63-44)61-22-20-31(59-9)25(3)43(62-29(7)52)27(5)40(54)26(4)39(23)53/h10-23,25-27,31,39-40,43,53-56H,1-9H3,(H,50,58)/b15-13+,22-20-,24-16+.